The van der Waals surface area contributed by atoms with Gasteiger partial charge < -0.3 is 5.32 Å². The Morgan fingerprint density at radius 2 is 1.58 bits per heavy atom. The molecule has 0 radical (unpaired) electrons. The number of rotatable bonds is 8. The number of hydrogen-bond donors (Lipinski definition) is 1. The summed E-state index contributed by atoms with van der Waals surface area (Å²) in [5.74, 6) is 1.71. The maximum atomic E-state index is 3.61. The fraction of sp³-hybridized carbons (Fsp3) is 1.00. The average Bonchev–Trinajstić information content (AvgIpc) is 2.39. The molecule has 1 aliphatic rings. The lowest BCUT2D eigenvalue weighted by Gasteiger charge is -2.46. The molecule has 0 aromatic rings. The van der Waals surface area contributed by atoms with E-state index in [0.717, 1.165) is 17.9 Å². The summed E-state index contributed by atoms with van der Waals surface area (Å²) in [5.41, 5.74) is 0. The van der Waals surface area contributed by atoms with Gasteiger partial charge in [-0.3, -0.25) is 4.90 Å². The summed E-state index contributed by atoms with van der Waals surface area (Å²) in [6, 6.07) is 1.44. The molecule has 1 N–H and O–H groups in total. The van der Waals surface area contributed by atoms with E-state index in [1.165, 1.54) is 51.6 Å². The van der Waals surface area contributed by atoms with Crippen LogP contribution in [0.15, 0.2) is 0 Å². The normalized spacial score (nSPS) is 31.9. The molecule has 0 aliphatic heterocycles. The number of unbranched alkanes of at least 4 members (excludes halogenated alkanes) is 2. The van der Waals surface area contributed by atoms with Gasteiger partial charge in [0, 0.05) is 12.1 Å². The monoisotopic (exact) mass is 268 g/mol. The Labute approximate surface area is 121 Å². The zero-order valence-corrected chi connectivity index (χ0v) is 13.9. The van der Waals surface area contributed by atoms with Crippen LogP contribution >= 0.6 is 0 Å². The van der Waals surface area contributed by atoms with Gasteiger partial charge in [-0.15, -0.1) is 0 Å². The standard InChI is InChI=1S/C17H36N2/c1-6-8-10-19(11-9-7-2)17-15(4)12-14(3)13-16(17)18-5/h14-18H,6-13H2,1-5H3. The van der Waals surface area contributed by atoms with Gasteiger partial charge in [0.1, 0.15) is 0 Å². The van der Waals surface area contributed by atoms with E-state index in [0.29, 0.717) is 6.04 Å². The molecule has 114 valence electrons. The Balaban J connectivity index is 2.71. The van der Waals surface area contributed by atoms with E-state index in [-0.39, 0.29) is 0 Å². The summed E-state index contributed by atoms with van der Waals surface area (Å²) in [6.07, 6.45) is 8.06. The largest absolute Gasteiger partial charge is 0.315 e. The summed E-state index contributed by atoms with van der Waals surface area (Å²) in [4.78, 5) is 2.80. The molecule has 1 fully saturated rings. The molecule has 1 rings (SSSR count). The summed E-state index contributed by atoms with van der Waals surface area (Å²) >= 11 is 0. The van der Waals surface area contributed by atoms with Crippen molar-refractivity contribution < 1.29 is 0 Å². The van der Waals surface area contributed by atoms with Crippen LogP contribution in [-0.2, 0) is 0 Å². The molecule has 19 heavy (non-hydrogen) atoms. The number of nitrogens with one attached hydrogen (secondary N) is 1. The Kier molecular flexibility index (Phi) is 8.01. The summed E-state index contributed by atoms with van der Waals surface area (Å²) < 4.78 is 0. The Hall–Kier alpha value is -0.0800. The molecule has 0 heterocycles. The van der Waals surface area contributed by atoms with Crippen LogP contribution in [0.2, 0.25) is 0 Å². The van der Waals surface area contributed by atoms with Gasteiger partial charge in [0.05, 0.1) is 0 Å². The van der Waals surface area contributed by atoms with Crippen molar-refractivity contribution in [1.82, 2.24) is 10.2 Å². The van der Waals surface area contributed by atoms with Crippen LogP contribution in [0.4, 0.5) is 0 Å². The zero-order valence-electron chi connectivity index (χ0n) is 13.9. The molecular formula is C17H36N2. The molecule has 0 saturated heterocycles. The third-order valence-electron chi connectivity index (χ3n) is 4.82. The van der Waals surface area contributed by atoms with Crippen molar-refractivity contribution in [2.75, 3.05) is 20.1 Å². The molecule has 4 unspecified atom stereocenters. The molecule has 0 spiro atoms. The van der Waals surface area contributed by atoms with Crippen molar-refractivity contribution >= 4 is 0 Å². The first-order valence-electron chi connectivity index (χ1n) is 8.55. The van der Waals surface area contributed by atoms with Gasteiger partial charge in [0.2, 0.25) is 0 Å². The molecule has 1 aliphatic carbocycles. The van der Waals surface area contributed by atoms with Crippen LogP contribution in [0.5, 0.6) is 0 Å². The highest BCUT2D eigenvalue weighted by atomic mass is 15.2. The SMILES string of the molecule is CCCCN(CCCC)C1C(C)CC(C)CC1NC. The predicted molar refractivity (Wildman–Crippen MR) is 85.6 cm³/mol. The van der Waals surface area contributed by atoms with E-state index in [9.17, 15) is 0 Å². The third kappa shape index (κ3) is 5.07. The van der Waals surface area contributed by atoms with Crippen LogP contribution in [0.25, 0.3) is 0 Å². The molecule has 0 aromatic heterocycles. The Bertz CT molecular complexity index is 221. The van der Waals surface area contributed by atoms with Crippen LogP contribution in [0, 0.1) is 11.8 Å². The van der Waals surface area contributed by atoms with E-state index in [4.69, 9.17) is 0 Å². The lowest BCUT2D eigenvalue weighted by Crippen LogP contribution is -2.56. The fourth-order valence-electron chi connectivity index (χ4n) is 3.88. The van der Waals surface area contributed by atoms with Gasteiger partial charge in [-0.2, -0.15) is 0 Å². The van der Waals surface area contributed by atoms with Crippen molar-refractivity contribution in [3.05, 3.63) is 0 Å². The molecule has 1 saturated carbocycles. The van der Waals surface area contributed by atoms with Crippen LogP contribution in [0.3, 0.4) is 0 Å². The van der Waals surface area contributed by atoms with Gasteiger partial charge in [0.15, 0.2) is 0 Å². The van der Waals surface area contributed by atoms with E-state index in [1.807, 2.05) is 0 Å². The predicted octanol–water partition coefficient (Wildman–Crippen LogP) is 3.91. The molecule has 0 bridgehead atoms. The van der Waals surface area contributed by atoms with Crippen molar-refractivity contribution in [1.29, 1.82) is 0 Å². The highest BCUT2D eigenvalue weighted by Crippen LogP contribution is 2.32. The molecule has 2 nitrogen and oxygen atoms in total. The van der Waals surface area contributed by atoms with Crippen molar-refractivity contribution in [3.8, 4) is 0 Å². The minimum atomic E-state index is 0.687. The average molecular weight is 268 g/mol. The minimum absolute atomic E-state index is 0.687. The summed E-state index contributed by atoms with van der Waals surface area (Å²) in [7, 11) is 2.15. The van der Waals surface area contributed by atoms with Gasteiger partial charge in [-0.25, -0.2) is 0 Å². The highest BCUT2D eigenvalue weighted by molar-refractivity contribution is 4.93. The van der Waals surface area contributed by atoms with Crippen LogP contribution in [-0.4, -0.2) is 37.1 Å². The molecular weight excluding hydrogens is 232 g/mol. The van der Waals surface area contributed by atoms with E-state index >= 15 is 0 Å². The van der Waals surface area contributed by atoms with Gasteiger partial charge >= 0.3 is 0 Å². The second-order valence-electron chi connectivity index (χ2n) is 6.68. The Morgan fingerprint density at radius 1 is 1.00 bits per heavy atom. The maximum absolute atomic E-state index is 3.61. The number of nitrogens with zero attached hydrogens (tertiary/aromatic N) is 1. The minimum Gasteiger partial charge on any atom is -0.315 e. The summed E-state index contributed by atoms with van der Waals surface area (Å²) in [6.45, 7) is 12.1. The number of likely N-dealkylation sites (N-methyl/N-ethyl adjacent to an activating group) is 1. The molecule has 2 heteroatoms. The van der Waals surface area contributed by atoms with Crippen molar-refractivity contribution in [2.45, 2.75) is 78.3 Å². The quantitative estimate of drug-likeness (QED) is 0.718. The van der Waals surface area contributed by atoms with E-state index < -0.39 is 0 Å². The first-order valence-corrected chi connectivity index (χ1v) is 8.55. The van der Waals surface area contributed by atoms with Crippen molar-refractivity contribution in [3.63, 3.8) is 0 Å². The lowest BCUT2D eigenvalue weighted by atomic mass is 9.75. The summed E-state index contributed by atoms with van der Waals surface area (Å²) in [5, 5.41) is 3.61. The maximum Gasteiger partial charge on any atom is 0.0274 e. The second kappa shape index (κ2) is 8.97. The smallest absolute Gasteiger partial charge is 0.0274 e. The highest BCUT2D eigenvalue weighted by Gasteiger charge is 2.36. The second-order valence-corrected chi connectivity index (χ2v) is 6.68. The van der Waals surface area contributed by atoms with Gasteiger partial charge in [-0.05, 0) is 57.7 Å². The lowest BCUT2D eigenvalue weighted by molar-refractivity contribution is 0.0617. The van der Waals surface area contributed by atoms with Crippen LogP contribution < -0.4 is 5.32 Å². The van der Waals surface area contributed by atoms with Crippen molar-refractivity contribution in [2.24, 2.45) is 11.8 Å². The molecule has 0 amide bonds. The Morgan fingerprint density at radius 3 is 2.05 bits per heavy atom. The van der Waals surface area contributed by atoms with E-state index in [2.05, 4.69) is 45.0 Å². The van der Waals surface area contributed by atoms with Gasteiger partial charge in [0.25, 0.3) is 0 Å². The molecule has 4 atom stereocenters. The first kappa shape index (κ1) is 17.0. The van der Waals surface area contributed by atoms with E-state index in [1.54, 1.807) is 0 Å². The zero-order chi connectivity index (χ0) is 14.3. The fourth-order valence-corrected chi connectivity index (χ4v) is 3.88. The number of hydrogen-bond acceptors (Lipinski definition) is 2. The first-order chi connectivity index (χ1) is 9.13. The third-order valence-corrected chi connectivity index (χ3v) is 4.82. The molecule has 0 aromatic carbocycles. The van der Waals surface area contributed by atoms with Gasteiger partial charge in [-0.1, -0.05) is 40.5 Å². The topological polar surface area (TPSA) is 15.3 Å². The van der Waals surface area contributed by atoms with Crippen LogP contribution in [0.1, 0.15) is 66.2 Å².